The summed E-state index contributed by atoms with van der Waals surface area (Å²) in [4.78, 5) is 22.7. The monoisotopic (exact) mass is 338 g/mol. The predicted molar refractivity (Wildman–Crippen MR) is 93.2 cm³/mol. The van der Waals surface area contributed by atoms with Crippen molar-refractivity contribution in [3.63, 3.8) is 0 Å². The van der Waals surface area contributed by atoms with Crippen molar-refractivity contribution >= 4 is 22.8 Å². The quantitative estimate of drug-likeness (QED) is 0.632. The minimum absolute atomic E-state index is 0.207. The van der Waals surface area contributed by atoms with Gasteiger partial charge < -0.3 is 4.90 Å². The summed E-state index contributed by atoms with van der Waals surface area (Å²) in [6, 6.07) is 3.99. The maximum Gasteiger partial charge on any atom is 0.172 e. The topological polar surface area (TPSA) is 69.9 Å². The van der Waals surface area contributed by atoms with Gasteiger partial charge in [0.05, 0.1) is 10.7 Å². The number of nitrogens with zero attached hydrogens (tertiary/aromatic N) is 4. The smallest absolute Gasteiger partial charge is 0.172 e. The normalized spacial score (nSPS) is 18.2. The molecule has 1 aliphatic heterocycles. The Hall–Kier alpha value is -2.52. The van der Waals surface area contributed by atoms with Crippen LogP contribution in [0.1, 0.15) is 35.4 Å². The van der Waals surface area contributed by atoms with E-state index in [4.69, 9.17) is 0 Å². The summed E-state index contributed by atoms with van der Waals surface area (Å²) in [6.45, 7) is 4.97. The third-order valence-electron chi connectivity index (χ3n) is 4.28. The molecule has 0 radical (unpaired) electrons. The molecule has 122 valence electrons. The number of carbonyl (C=O) groups excluding carboxylic acids is 1. The molecule has 0 N–H and O–H groups in total. The summed E-state index contributed by atoms with van der Waals surface area (Å²) in [5, 5.41) is 12.6. The Bertz CT molecular complexity index is 820. The van der Waals surface area contributed by atoms with E-state index in [9.17, 15) is 10.1 Å². The Morgan fingerprint density at radius 3 is 2.92 bits per heavy atom. The van der Waals surface area contributed by atoms with Crippen LogP contribution in [0.25, 0.3) is 5.70 Å². The van der Waals surface area contributed by atoms with Crippen LogP contribution in [0.5, 0.6) is 0 Å². The fourth-order valence-electron chi connectivity index (χ4n) is 3.10. The molecule has 3 rings (SSSR count). The van der Waals surface area contributed by atoms with Gasteiger partial charge in [0, 0.05) is 48.5 Å². The number of allylic oxidation sites excluding steroid dienone is 1. The van der Waals surface area contributed by atoms with E-state index in [2.05, 4.69) is 20.9 Å². The molecule has 0 aliphatic carbocycles. The Balaban J connectivity index is 2.03. The Morgan fingerprint density at radius 1 is 1.46 bits per heavy atom. The van der Waals surface area contributed by atoms with Crippen LogP contribution in [0.15, 0.2) is 35.6 Å². The van der Waals surface area contributed by atoms with Crippen LogP contribution in [0.2, 0.25) is 0 Å². The van der Waals surface area contributed by atoms with Crippen molar-refractivity contribution in [1.29, 1.82) is 5.26 Å². The number of aromatic nitrogens is 2. The molecule has 2 aromatic heterocycles. The van der Waals surface area contributed by atoms with Gasteiger partial charge >= 0.3 is 0 Å². The van der Waals surface area contributed by atoms with E-state index in [0.29, 0.717) is 5.92 Å². The lowest BCUT2D eigenvalue weighted by atomic mass is 10.0. The zero-order valence-corrected chi connectivity index (χ0v) is 14.5. The highest BCUT2D eigenvalue weighted by atomic mass is 32.1. The first-order valence-electron chi connectivity index (χ1n) is 7.82. The molecular weight excluding hydrogens is 320 g/mol. The van der Waals surface area contributed by atoms with Gasteiger partial charge in [-0.05, 0) is 31.9 Å². The van der Waals surface area contributed by atoms with Crippen LogP contribution < -0.4 is 0 Å². The third kappa shape index (κ3) is 3.08. The highest BCUT2D eigenvalue weighted by Gasteiger charge is 2.30. The molecule has 1 fully saturated rings. The number of hydrogen-bond donors (Lipinski definition) is 0. The number of ketones is 1. The Labute approximate surface area is 145 Å². The predicted octanol–water partition coefficient (Wildman–Crippen LogP) is 3.16. The largest absolute Gasteiger partial charge is 0.369 e. The molecule has 0 spiro atoms. The average Bonchev–Trinajstić information content (AvgIpc) is 3.24. The zero-order valence-electron chi connectivity index (χ0n) is 13.7. The summed E-state index contributed by atoms with van der Waals surface area (Å²) >= 11 is 1.66. The van der Waals surface area contributed by atoms with E-state index in [0.717, 1.165) is 41.3 Å². The van der Waals surface area contributed by atoms with Crippen molar-refractivity contribution in [2.24, 2.45) is 0 Å². The number of carbonyl (C=O) groups is 1. The number of rotatable bonds is 4. The molecule has 0 bridgehead atoms. The maximum absolute atomic E-state index is 12.0. The van der Waals surface area contributed by atoms with Crippen molar-refractivity contribution in [1.82, 2.24) is 14.9 Å². The summed E-state index contributed by atoms with van der Waals surface area (Å²) in [6.07, 6.45) is 6.26. The number of aryl methyl sites for hydroxylation is 1. The molecule has 0 saturated carbocycles. The first-order chi connectivity index (χ1) is 11.6. The van der Waals surface area contributed by atoms with Gasteiger partial charge in [0.1, 0.15) is 11.6 Å². The summed E-state index contributed by atoms with van der Waals surface area (Å²) in [5.74, 6) is 0.135. The summed E-state index contributed by atoms with van der Waals surface area (Å²) in [5.41, 5.74) is 2.80. The second-order valence-electron chi connectivity index (χ2n) is 5.88. The molecule has 5 nitrogen and oxygen atoms in total. The lowest BCUT2D eigenvalue weighted by Gasteiger charge is -2.24. The van der Waals surface area contributed by atoms with Gasteiger partial charge in [-0.25, -0.2) is 4.98 Å². The van der Waals surface area contributed by atoms with E-state index in [1.807, 2.05) is 24.6 Å². The number of thiazole rings is 1. The lowest BCUT2D eigenvalue weighted by Crippen LogP contribution is -2.22. The van der Waals surface area contributed by atoms with Crippen LogP contribution in [-0.2, 0) is 4.79 Å². The van der Waals surface area contributed by atoms with E-state index in [1.54, 1.807) is 23.7 Å². The Morgan fingerprint density at radius 2 is 2.29 bits per heavy atom. The molecule has 0 aromatic carbocycles. The second-order valence-corrected chi connectivity index (χ2v) is 6.81. The molecule has 6 heteroatoms. The van der Waals surface area contributed by atoms with Gasteiger partial charge in [0.2, 0.25) is 0 Å². The van der Waals surface area contributed by atoms with Gasteiger partial charge in [-0.3, -0.25) is 9.78 Å². The van der Waals surface area contributed by atoms with Crippen molar-refractivity contribution in [2.45, 2.75) is 26.2 Å². The standard InChI is InChI=1S/C18H18N4OS/c1-12-10-20-5-3-15(12)17(16(9-19)13(2)23)22-7-4-14(11-22)18-21-6-8-24-18/h3,5-6,8,10,14H,4,7,11H2,1-2H3/b17-16+. The fraction of sp³-hybridized carbons (Fsp3) is 0.333. The van der Waals surface area contributed by atoms with Crippen LogP contribution in [-0.4, -0.2) is 33.7 Å². The number of pyridine rings is 1. The van der Waals surface area contributed by atoms with E-state index in [-0.39, 0.29) is 11.4 Å². The third-order valence-corrected chi connectivity index (χ3v) is 5.22. The van der Waals surface area contributed by atoms with Crippen LogP contribution >= 0.6 is 11.3 Å². The van der Waals surface area contributed by atoms with Crippen molar-refractivity contribution < 1.29 is 4.79 Å². The highest BCUT2D eigenvalue weighted by molar-refractivity contribution is 7.09. The number of nitriles is 1. The van der Waals surface area contributed by atoms with E-state index >= 15 is 0 Å². The van der Waals surface area contributed by atoms with E-state index in [1.165, 1.54) is 6.92 Å². The Kier molecular flexibility index (Phi) is 4.72. The van der Waals surface area contributed by atoms with Gasteiger partial charge in [0.15, 0.2) is 5.78 Å². The minimum Gasteiger partial charge on any atom is -0.369 e. The SMILES string of the molecule is CC(=O)/C(C#N)=C(\c1ccncc1C)N1CCC(c2nccs2)C1. The van der Waals surface area contributed by atoms with E-state index < -0.39 is 0 Å². The molecule has 24 heavy (non-hydrogen) atoms. The van der Waals surface area contributed by atoms with Gasteiger partial charge in [-0.2, -0.15) is 5.26 Å². The minimum atomic E-state index is -0.207. The average molecular weight is 338 g/mol. The lowest BCUT2D eigenvalue weighted by molar-refractivity contribution is -0.113. The summed E-state index contributed by atoms with van der Waals surface area (Å²) in [7, 11) is 0. The fourth-order valence-corrected chi connectivity index (χ4v) is 3.87. The number of likely N-dealkylation sites (tertiary alicyclic amines) is 1. The molecule has 1 aliphatic rings. The molecular formula is C18H18N4OS. The maximum atomic E-state index is 12.0. The van der Waals surface area contributed by atoms with Crippen molar-refractivity contribution in [3.05, 3.63) is 51.7 Å². The van der Waals surface area contributed by atoms with Gasteiger partial charge in [-0.15, -0.1) is 11.3 Å². The van der Waals surface area contributed by atoms with Crippen molar-refractivity contribution in [2.75, 3.05) is 13.1 Å². The molecule has 2 aromatic rings. The molecule has 3 heterocycles. The molecule has 1 atom stereocenters. The second kappa shape index (κ2) is 6.93. The highest BCUT2D eigenvalue weighted by Crippen LogP contribution is 2.35. The van der Waals surface area contributed by atoms with Gasteiger partial charge in [-0.1, -0.05) is 0 Å². The van der Waals surface area contributed by atoms with Crippen LogP contribution in [0, 0.1) is 18.3 Å². The van der Waals surface area contributed by atoms with Crippen LogP contribution in [0.4, 0.5) is 0 Å². The molecule has 1 saturated heterocycles. The zero-order chi connectivity index (χ0) is 17.1. The van der Waals surface area contributed by atoms with Crippen LogP contribution in [0.3, 0.4) is 0 Å². The first kappa shape index (κ1) is 16.3. The number of hydrogen-bond acceptors (Lipinski definition) is 6. The number of Topliss-reactive ketones (excluding diaryl/α,β-unsaturated/α-hetero) is 1. The van der Waals surface area contributed by atoms with Crippen molar-refractivity contribution in [3.8, 4) is 6.07 Å². The first-order valence-corrected chi connectivity index (χ1v) is 8.70. The molecule has 1 unspecified atom stereocenters. The summed E-state index contributed by atoms with van der Waals surface area (Å²) < 4.78 is 0. The molecule has 0 amide bonds. The van der Waals surface area contributed by atoms with Gasteiger partial charge in [0.25, 0.3) is 0 Å².